The second kappa shape index (κ2) is 2.88. The molecule has 1 aromatic heterocycles. The zero-order chi connectivity index (χ0) is 8.27. The molecule has 0 saturated carbocycles. The fourth-order valence-electron chi connectivity index (χ4n) is 0.811. The third kappa shape index (κ3) is 1.22. The van der Waals surface area contributed by atoms with Crippen LogP contribution in [0.15, 0.2) is 12.7 Å². The van der Waals surface area contributed by atoms with Crippen LogP contribution in [-0.4, -0.2) is 10.2 Å². The van der Waals surface area contributed by atoms with Crippen molar-refractivity contribution >= 4 is 5.82 Å². The molecule has 0 aliphatic heterocycles. The summed E-state index contributed by atoms with van der Waals surface area (Å²) in [7, 11) is 0. The molecule has 3 N–H and O–H groups in total. The molecule has 0 aliphatic rings. The molecule has 0 bridgehead atoms. The van der Waals surface area contributed by atoms with Crippen LogP contribution in [0.1, 0.15) is 11.3 Å². The molecule has 0 spiro atoms. The lowest BCUT2D eigenvalue weighted by atomic mass is 10.2. The van der Waals surface area contributed by atoms with Crippen LogP contribution in [0.4, 0.5) is 5.82 Å². The summed E-state index contributed by atoms with van der Waals surface area (Å²) in [6, 6.07) is 1.96. The van der Waals surface area contributed by atoms with E-state index in [9.17, 15) is 0 Å². The highest BCUT2D eigenvalue weighted by atomic mass is 15.2. The lowest BCUT2D eigenvalue weighted by Gasteiger charge is -1.88. The van der Waals surface area contributed by atoms with Crippen molar-refractivity contribution in [3.8, 4) is 6.07 Å². The highest BCUT2D eigenvalue weighted by molar-refractivity contribution is 5.51. The lowest BCUT2D eigenvalue weighted by Crippen LogP contribution is -1.88. The largest absolute Gasteiger partial charge is 0.381 e. The van der Waals surface area contributed by atoms with E-state index >= 15 is 0 Å². The molecule has 0 fully saturated rings. The Balaban J connectivity index is 3.07. The summed E-state index contributed by atoms with van der Waals surface area (Å²) in [5.74, 6) is 0.254. The van der Waals surface area contributed by atoms with Crippen LogP contribution in [0.2, 0.25) is 0 Å². The van der Waals surface area contributed by atoms with Gasteiger partial charge in [0.15, 0.2) is 5.82 Å². The second-order valence-corrected chi connectivity index (χ2v) is 2.07. The minimum atomic E-state index is 0.254. The topological polar surface area (TPSA) is 78.5 Å². The van der Waals surface area contributed by atoms with Crippen LogP contribution >= 0.6 is 0 Å². The molecule has 1 rings (SSSR count). The molecule has 1 aromatic rings. The SMILES string of the molecule is C=CCc1[nH]nc(N)c1C#N. The average molecular weight is 148 g/mol. The van der Waals surface area contributed by atoms with Crippen LogP contribution in [0.5, 0.6) is 0 Å². The molecule has 0 unspecified atom stereocenters. The van der Waals surface area contributed by atoms with Gasteiger partial charge in [-0.05, 0) is 0 Å². The van der Waals surface area contributed by atoms with Gasteiger partial charge in [-0.2, -0.15) is 10.4 Å². The normalized spacial score (nSPS) is 9.00. The maximum absolute atomic E-state index is 8.59. The Labute approximate surface area is 64.3 Å². The summed E-state index contributed by atoms with van der Waals surface area (Å²) in [4.78, 5) is 0. The number of nitrogens with zero attached hydrogens (tertiary/aromatic N) is 2. The molecule has 0 aromatic carbocycles. The number of hydrogen-bond acceptors (Lipinski definition) is 3. The smallest absolute Gasteiger partial charge is 0.163 e. The Morgan fingerprint density at radius 1 is 1.82 bits per heavy atom. The van der Waals surface area contributed by atoms with Gasteiger partial charge in [0.2, 0.25) is 0 Å². The van der Waals surface area contributed by atoms with E-state index in [0.717, 1.165) is 5.69 Å². The predicted molar refractivity (Wildman–Crippen MR) is 41.6 cm³/mol. The molecule has 0 radical (unpaired) electrons. The minimum Gasteiger partial charge on any atom is -0.381 e. The number of nitrogen functional groups attached to an aromatic ring is 1. The molecule has 0 aliphatic carbocycles. The number of allylic oxidation sites excluding steroid dienone is 1. The predicted octanol–water partition coefficient (Wildman–Crippen LogP) is 0.592. The molecule has 0 amide bonds. The van der Waals surface area contributed by atoms with Crippen molar-refractivity contribution in [1.29, 1.82) is 5.26 Å². The van der Waals surface area contributed by atoms with Gasteiger partial charge in [0.1, 0.15) is 11.6 Å². The highest BCUT2D eigenvalue weighted by Crippen LogP contribution is 2.11. The third-order valence-electron chi connectivity index (χ3n) is 1.33. The molecule has 0 saturated heterocycles. The van der Waals surface area contributed by atoms with E-state index in [-0.39, 0.29) is 5.82 Å². The molecular weight excluding hydrogens is 140 g/mol. The van der Waals surface area contributed by atoms with Crippen LogP contribution in [0.25, 0.3) is 0 Å². The molecule has 4 heteroatoms. The van der Waals surface area contributed by atoms with Crippen LogP contribution in [0, 0.1) is 11.3 Å². The number of nitrogens with one attached hydrogen (secondary N) is 1. The highest BCUT2D eigenvalue weighted by Gasteiger charge is 2.07. The van der Waals surface area contributed by atoms with Gasteiger partial charge in [-0.3, -0.25) is 5.10 Å². The number of aromatic nitrogens is 2. The van der Waals surface area contributed by atoms with Gasteiger partial charge >= 0.3 is 0 Å². The average Bonchev–Trinajstić information content (AvgIpc) is 2.33. The number of rotatable bonds is 2. The molecule has 4 nitrogen and oxygen atoms in total. The van der Waals surface area contributed by atoms with Gasteiger partial charge in [-0.15, -0.1) is 6.58 Å². The fourth-order valence-corrected chi connectivity index (χ4v) is 0.811. The summed E-state index contributed by atoms with van der Waals surface area (Å²) in [6.45, 7) is 3.54. The lowest BCUT2D eigenvalue weighted by molar-refractivity contribution is 1.01. The van der Waals surface area contributed by atoms with Crippen molar-refractivity contribution < 1.29 is 0 Å². The van der Waals surface area contributed by atoms with Gasteiger partial charge in [0, 0.05) is 6.42 Å². The van der Waals surface area contributed by atoms with Crippen molar-refractivity contribution in [3.63, 3.8) is 0 Å². The van der Waals surface area contributed by atoms with E-state index in [1.54, 1.807) is 6.08 Å². The van der Waals surface area contributed by atoms with Gasteiger partial charge in [-0.25, -0.2) is 0 Å². The van der Waals surface area contributed by atoms with Crippen molar-refractivity contribution in [2.24, 2.45) is 0 Å². The van der Waals surface area contributed by atoms with Crippen LogP contribution < -0.4 is 5.73 Å². The summed E-state index contributed by atoms with van der Waals surface area (Å²) in [5, 5.41) is 14.9. The third-order valence-corrected chi connectivity index (χ3v) is 1.33. The fraction of sp³-hybridized carbons (Fsp3) is 0.143. The van der Waals surface area contributed by atoms with E-state index in [2.05, 4.69) is 16.8 Å². The first-order chi connectivity index (χ1) is 5.29. The standard InChI is InChI=1S/C7H8N4/c1-2-3-6-5(4-8)7(9)11-10-6/h2H,1,3H2,(H3,9,10,11). The van der Waals surface area contributed by atoms with E-state index in [4.69, 9.17) is 11.0 Å². The Hall–Kier alpha value is -1.76. The number of nitrogens with two attached hydrogens (primary N) is 1. The maximum atomic E-state index is 8.59. The maximum Gasteiger partial charge on any atom is 0.163 e. The van der Waals surface area contributed by atoms with Gasteiger partial charge < -0.3 is 5.73 Å². The van der Waals surface area contributed by atoms with Gasteiger partial charge in [0.25, 0.3) is 0 Å². The summed E-state index contributed by atoms with van der Waals surface area (Å²) in [5.41, 5.74) is 6.53. The monoisotopic (exact) mass is 148 g/mol. The summed E-state index contributed by atoms with van der Waals surface area (Å²) in [6.07, 6.45) is 2.28. The van der Waals surface area contributed by atoms with Gasteiger partial charge in [-0.1, -0.05) is 6.08 Å². The Morgan fingerprint density at radius 2 is 2.55 bits per heavy atom. The summed E-state index contributed by atoms with van der Waals surface area (Å²) < 4.78 is 0. The number of anilines is 1. The molecule has 11 heavy (non-hydrogen) atoms. The van der Waals surface area contributed by atoms with Crippen LogP contribution in [-0.2, 0) is 6.42 Å². The number of aromatic amines is 1. The first-order valence-corrected chi connectivity index (χ1v) is 3.13. The zero-order valence-electron chi connectivity index (χ0n) is 5.96. The van der Waals surface area contributed by atoms with Crippen molar-refractivity contribution in [1.82, 2.24) is 10.2 Å². The van der Waals surface area contributed by atoms with E-state index in [1.165, 1.54) is 0 Å². The molecule has 1 heterocycles. The molecular formula is C7H8N4. The van der Waals surface area contributed by atoms with E-state index < -0.39 is 0 Å². The summed E-state index contributed by atoms with van der Waals surface area (Å²) >= 11 is 0. The quantitative estimate of drug-likeness (QED) is 0.602. The molecule has 0 atom stereocenters. The van der Waals surface area contributed by atoms with Gasteiger partial charge in [0.05, 0.1) is 5.69 Å². The number of nitriles is 1. The first-order valence-electron chi connectivity index (χ1n) is 3.13. The zero-order valence-corrected chi connectivity index (χ0v) is 5.96. The minimum absolute atomic E-state index is 0.254. The Morgan fingerprint density at radius 3 is 3.09 bits per heavy atom. The van der Waals surface area contributed by atoms with Crippen molar-refractivity contribution in [3.05, 3.63) is 23.9 Å². The van der Waals surface area contributed by atoms with Crippen molar-refractivity contribution in [2.75, 3.05) is 5.73 Å². The Kier molecular flexibility index (Phi) is 1.93. The Bertz CT molecular complexity index is 305. The van der Waals surface area contributed by atoms with E-state index in [1.807, 2.05) is 6.07 Å². The first kappa shape index (κ1) is 7.35. The van der Waals surface area contributed by atoms with Crippen LogP contribution in [0.3, 0.4) is 0 Å². The van der Waals surface area contributed by atoms with E-state index in [0.29, 0.717) is 12.0 Å². The van der Waals surface area contributed by atoms with Crippen molar-refractivity contribution in [2.45, 2.75) is 6.42 Å². The number of H-pyrrole nitrogens is 1. The molecule has 56 valence electrons. The second-order valence-electron chi connectivity index (χ2n) is 2.07. The number of hydrogen-bond donors (Lipinski definition) is 2.